The summed E-state index contributed by atoms with van der Waals surface area (Å²) in [5, 5.41) is 3.42. The molecule has 2 heterocycles. The number of amidine groups is 1. The molecule has 0 atom stereocenters. The van der Waals surface area contributed by atoms with E-state index < -0.39 is 0 Å². The van der Waals surface area contributed by atoms with Gasteiger partial charge in [-0.05, 0) is 55.3 Å². The van der Waals surface area contributed by atoms with Crippen LogP contribution < -0.4 is 19.7 Å². The summed E-state index contributed by atoms with van der Waals surface area (Å²) < 4.78 is 11.3. The van der Waals surface area contributed by atoms with E-state index in [2.05, 4.69) is 15.2 Å². The van der Waals surface area contributed by atoms with Gasteiger partial charge < -0.3 is 19.7 Å². The average Bonchev–Trinajstić information content (AvgIpc) is 3.40. The van der Waals surface area contributed by atoms with Crippen molar-refractivity contribution in [2.75, 3.05) is 32.2 Å². The van der Waals surface area contributed by atoms with Crippen LogP contribution in [0.25, 0.3) is 6.08 Å². The SMILES string of the molecule is COc1cc(N2CCCC2)c(OC)cc1/C=C1\SC(=Nc2ccccc2C)NC1=O. The van der Waals surface area contributed by atoms with E-state index in [0.29, 0.717) is 15.8 Å². The maximum Gasteiger partial charge on any atom is 0.264 e. The van der Waals surface area contributed by atoms with Crippen LogP contribution in [0.3, 0.4) is 0 Å². The molecule has 0 saturated carbocycles. The first-order valence-corrected chi connectivity index (χ1v) is 10.8. The van der Waals surface area contributed by atoms with Crippen LogP contribution in [-0.2, 0) is 4.79 Å². The number of anilines is 1. The Labute approximate surface area is 181 Å². The predicted molar refractivity (Wildman–Crippen MR) is 123 cm³/mol. The van der Waals surface area contributed by atoms with Crippen molar-refractivity contribution in [1.29, 1.82) is 0 Å². The maximum absolute atomic E-state index is 12.5. The second kappa shape index (κ2) is 8.83. The van der Waals surface area contributed by atoms with Gasteiger partial charge in [0.15, 0.2) is 5.17 Å². The van der Waals surface area contributed by atoms with Crippen LogP contribution in [0.4, 0.5) is 11.4 Å². The zero-order valence-electron chi connectivity index (χ0n) is 17.4. The van der Waals surface area contributed by atoms with E-state index in [9.17, 15) is 4.79 Å². The van der Waals surface area contributed by atoms with Gasteiger partial charge in [0.25, 0.3) is 5.91 Å². The molecule has 1 N–H and O–H groups in total. The molecule has 2 aromatic rings. The molecule has 4 rings (SSSR count). The summed E-state index contributed by atoms with van der Waals surface area (Å²) in [6.07, 6.45) is 4.18. The lowest BCUT2D eigenvalue weighted by atomic mass is 10.1. The minimum absolute atomic E-state index is 0.169. The number of methoxy groups -OCH3 is 2. The Bertz CT molecular complexity index is 1030. The third kappa shape index (κ3) is 4.16. The van der Waals surface area contributed by atoms with E-state index in [1.807, 2.05) is 49.4 Å². The first-order valence-electron chi connectivity index (χ1n) is 9.95. The van der Waals surface area contributed by atoms with Gasteiger partial charge in [-0.1, -0.05) is 18.2 Å². The minimum atomic E-state index is -0.169. The van der Waals surface area contributed by atoms with Crippen molar-refractivity contribution in [2.24, 2.45) is 4.99 Å². The highest BCUT2D eigenvalue weighted by Crippen LogP contribution is 2.39. The number of hydrogen-bond donors (Lipinski definition) is 1. The molecule has 156 valence electrons. The second-order valence-electron chi connectivity index (χ2n) is 7.23. The van der Waals surface area contributed by atoms with Crippen molar-refractivity contribution < 1.29 is 14.3 Å². The van der Waals surface area contributed by atoms with Gasteiger partial charge >= 0.3 is 0 Å². The first-order chi connectivity index (χ1) is 14.6. The number of aryl methyl sites for hydroxylation is 1. The lowest BCUT2D eigenvalue weighted by molar-refractivity contribution is -0.115. The minimum Gasteiger partial charge on any atom is -0.496 e. The van der Waals surface area contributed by atoms with Crippen LogP contribution in [0.5, 0.6) is 11.5 Å². The Balaban J connectivity index is 1.65. The summed E-state index contributed by atoms with van der Waals surface area (Å²) in [6, 6.07) is 11.8. The normalized spacial score (nSPS) is 18.9. The summed E-state index contributed by atoms with van der Waals surface area (Å²) >= 11 is 1.32. The molecule has 2 fully saturated rings. The molecule has 0 radical (unpaired) electrons. The quantitative estimate of drug-likeness (QED) is 0.717. The zero-order chi connectivity index (χ0) is 21.1. The smallest absolute Gasteiger partial charge is 0.264 e. The van der Waals surface area contributed by atoms with Crippen LogP contribution in [0.1, 0.15) is 24.0 Å². The van der Waals surface area contributed by atoms with Crippen molar-refractivity contribution in [3.05, 3.63) is 52.4 Å². The molecule has 2 aliphatic heterocycles. The van der Waals surface area contributed by atoms with Gasteiger partial charge in [-0.2, -0.15) is 0 Å². The molecule has 0 spiro atoms. The van der Waals surface area contributed by atoms with E-state index in [-0.39, 0.29) is 5.91 Å². The third-order valence-corrected chi connectivity index (χ3v) is 6.16. The molecule has 2 saturated heterocycles. The van der Waals surface area contributed by atoms with Gasteiger partial charge in [0, 0.05) is 24.7 Å². The van der Waals surface area contributed by atoms with Gasteiger partial charge in [-0.15, -0.1) is 0 Å². The van der Waals surface area contributed by atoms with E-state index in [0.717, 1.165) is 41.3 Å². The van der Waals surface area contributed by atoms with Crippen molar-refractivity contribution >= 4 is 40.3 Å². The van der Waals surface area contributed by atoms with Crippen LogP contribution >= 0.6 is 11.8 Å². The number of nitrogens with one attached hydrogen (secondary N) is 1. The molecule has 7 heteroatoms. The zero-order valence-corrected chi connectivity index (χ0v) is 18.2. The first kappa shape index (κ1) is 20.3. The molecule has 2 aliphatic rings. The second-order valence-corrected chi connectivity index (χ2v) is 8.26. The number of amides is 1. The molecule has 30 heavy (non-hydrogen) atoms. The molecule has 0 unspecified atom stereocenters. The predicted octanol–water partition coefficient (Wildman–Crippen LogP) is 4.50. The molecule has 1 amide bonds. The summed E-state index contributed by atoms with van der Waals surface area (Å²) in [5.41, 5.74) is 3.73. The number of nitrogens with zero attached hydrogens (tertiary/aromatic N) is 2. The molecule has 0 aliphatic carbocycles. The van der Waals surface area contributed by atoms with Gasteiger partial charge in [-0.3, -0.25) is 4.79 Å². The van der Waals surface area contributed by atoms with E-state index >= 15 is 0 Å². The summed E-state index contributed by atoms with van der Waals surface area (Å²) in [6.45, 7) is 4.02. The number of aliphatic imine (C=N–C) groups is 1. The van der Waals surface area contributed by atoms with Gasteiger partial charge in [-0.25, -0.2) is 4.99 Å². The number of carbonyl (C=O) groups is 1. The number of carbonyl (C=O) groups excluding carboxylic acids is 1. The monoisotopic (exact) mass is 423 g/mol. The number of ether oxygens (including phenoxy) is 2. The van der Waals surface area contributed by atoms with Crippen molar-refractivity contribution in [3.8, 4) is 11.5 Å². The van der Waals surface area contributed by atoms with E-state index in [4.69, 9.17) is 9.47 Å². The largest absolute Gasteiger partial charge is 0.496 e. The van der Waals surface area contributed by atoms with E-state index in [1.54, 1.807) is 14.2 Å². The van der Waals surface area contributed by atoms with Crippen LogP contribution in [0.15, 0.2) is 46.3 Å². The Morgan fingerprint density at radius 2 is 1.83 bits per heavy atom. The molecule has 6 nitrogen and oxygen atoms in total. The van der Waals surface area contributed by atoms with Crippen molar-refractivity contribution in [3.63, 3.8) is 0 Å². The average molecular weight is 424 g/mol. The molecule has 0 bridgehead atoms. The lowest BCUT2D eigenvalue weighted by Gasteiger charge is -2.22. The van der Waals surface area contributed by atoms with Crippen LogP contribution in [-0.4, -0.2) is 38.4 Å². The highest BCUT2D eigenvalue weighted by molar-refractivity contribution is 8.18. The Morgan fingerprint density at radius 1 is 1.10 bits per heavy atom. The fourth-order valence-electron chi connectivity index (χ4n) is 3.64. The van der Waals surface area contributed by atoms with Crippen LogP contribution in [0, 0.1) is 6.92 Å². The highest BCUT2D eigenvalue weighted by atomic mass is 32.2. The number of para-hydroxylation sites is 1. The standard InChI is InChI=1S/C23H25N3O3S/c1-15-8-4-5-9-17(15)24-23-25-22(27)21(30-23)13-16-12-20(29-3)18(14-19(16)28-2)26-10-6-7-11-26/h4-5,8-9,12-14H,6-7,10-11H2,1-3H3,(H,24,25,27)/b21-13-. The topological polar surface area (TPSA) is 63.2 Å². The Morgan fingerprint density at radius 3 is 2.53 bits per heavy atom. The van der Waals surface area contributed by atoms with Gasteiger partial charge in [0.05, 0.1) is 30.5 Å². The number of thioether (sulfide) groups is 1. The summed E-state index contributed by atoms with van der Waals surface area (Å²) in [4.78, 5) is 20.0. The fourth-order valence-corrected chi connectivity index (χ4v) is 4.47. The third-order valence-electron chi connectivity index (χ3n) is 5.25. The molecule has 2 aromatic carbocycles. The molecular formula is C23H25N3O3S. The van der Waals surface area contributed by atoms with E-state index in [1.165, 1.54) is 24.6 Å². The maximum atomic E-state index is 12.5. The van der Waals surface area contributed by atoms with Crippen molar-refractivity contribution in [2.45, 2.75) is 19.8 Å². The number of rotatable bonds is 5. The lowest BCUT2D eigenvalue weighted by Crippen LogP contribution is -2.19. The summed E-state index contributed by atoms with van der Waals surface area (Å²) in [5.74, 6) is 1.32. The highest BCUT2D eigenvalue weighted by Gasteiger charge is 2.25. The molecule has 0 aromatic heterocycles. The van der Waals surface area contributed by atoms with Gasteiger partial charge in [0.2, 0.25) is 0 Å². The Kier molecular flexibility index (Phi) is 5.99. The Hall–Kier alpha value is -2.93. The van der Waals surface area contributed by atoms with Crippen LogP contribution in [0.2, 0.25) is 0 Å². The number of hydrogen-bond acceptors (Lipinski definition) is 6. The fraction of sp³-hybridized carbons (Fsp3) is 0.304. The molecular weight excluding hydrogens is 398 g/mol. The van der Waals surface area contributed by atoms with Gasteiger partial charge in [0.1, 0.15) is 11.5 Å². The number of benzene rings is 2. The van der Waals surface area contributed by atoms with Crippen molar-refractivity contribution in [1.82, 2.24) is 5.32 Å². The summed E-state index contributed by atoms with van der Waals surface area (Å²) in [7, 11) is 3.31.